The Balaban J connectivity index is 1.01. The van der Waals surface area contributed by atoms with Crippen molar-refractivity contribution in [1.29, 1.82) is 0 Å². The van der Waals surface area contributed by atoms with Crippen molar-refractivity contribution in [3.8, 4) is 61.3 Å². The van der Waals surface area contributed by atoms with E-state index in [4.69, 9.17) is 0 Å². The van der Waals surface area contributed by atoms with Gasteiger partial charge in [-0.25, -0.2) is 0 Å². The number of para-hydroxylation sites is 4. The molecule has 0 aliphatic rings. The van der Waals surface area contributed by atoms with E-state index in [1.165, 1.54) is 82.8 Å². The van der Waals surface area contributed by atoms with Crippen LogP contribution in [0.5, 0.6) is 0 Å². The first-order valence-corrected chi connectivity index (χ1v) is 22.7. The highest BCUT2D eigenvalue weighted by molar-refractivity contribution is 6.11. The summed E-state index contributed by atoms with van der Waals surface area (Å²) in [6.07, 6.45) is 0. The van der Waals surface area contributed by atoms with Crippen LogP contribution in [0.2, 0.25) is 0 Å². The van der Waals surface area contributed by atoms with Gasteiger partial charge in [0.05, 0.1) is 22.4 Å². The zero-order valence-electron chi connectivity index (χ0n) is 36.3. The van der Waals surface area contributed by atoms with Crippen LogP contribution in [0.1, 0.15) is 0 Å². The highest BCUT2D eigenvalue weighted by Crippen LogP contribution is 2.45. The molecule has 12 aromatic rings. The first-order valence-electron chi connectivity index (χ1n) is 22.7. The second kappa shape index (κ2) is 16.8. The number of nitrogens with zero attached hydrogens (tertiary/aromatic N) is 2. The van der Waals surface area contributed by atoms with Crippen LogP contribution in [0.25, 0.3) is 93.9 Å². The maximum Gasteiger partial charge on any atom is 0.0618 e. The smallest absolute Gasteiger partial charge is 0.0618 e. The fraction of sp³-hybridized carbons (Fsp3) is 0. The third kappa shape index (κ3) is 6.84. The Bertz CT molecular complexity index is 3610. The Morgan fingerprint density at radius 2 is 0.576 bits per heavy atom. The lowest BCUT2D eigenvalue weighted by atomic mass is 9.92. The summed E-state index contributed by atoms with van der Waals surface area (Å²) in [4.78, 5) is 2.40. The summed E-state index contributed by atoms with van der Waals surface area (Å²) in [7, 11) is 0. The maximum absolute atomic E-state index is 2.47. The molecule has 0 amide bonds. The van der Waals surface area contributed by atoms with E-state index in [9.17, 15) is 0 Å². The summed E-state index contributed by atoms with van der Waals surface area (Å²) in [5.41, 5.74) is 18.7. The van der Waals surface area contributed by atoms with Gasteiger partial charge in [-0.15, -0.1) is 0 Å². The molecule has 0 aliphatic heterocycles. The zero-order valence-corrected chi connectivity index (χ0v) is 36.3. The highest BCUT2D eigenvalue weighted by Gasteiger charge is 2.22. The van der Waals surface area contributed by atoms with Crippen molar-refractivity contribution in [3.05, 3.63) is 267 Å². The van der Waals surface area contributed by atoms with Gasteiger partial charge in [0.15, 0.2) is 0 Å². The lowest BCUT2D eigenvalue weighted by molar-refractivity contribution is 1.18. The van der Waals surface area contributed by atoms with E-state index in [1.807, 2.05) is 0 Å². The summed E-state index contributed by atoms with van der Waals surface area (Å²) >= 11 is 0. The molecule has 66 heavy (non-hydrogen) atoms. The quantitative estimate of drug-likeness (QED) is 0.141. The first-order chi connectivity index (χ1) is 32.8. The van der Waals surface area contributed by atoms with Gasteiger partial charge in [-0.05, 0) is 92.2 Å². The van der Waals surface area contributed by atoms with Gasteiger partial charge >= 0.3 is 0 Å². The van der Waals surface area contributed by atoms with E-state index in [0.29, 0.717) is 0 Å². The molecule has 0 fully saturated rings. The predicted octanol–water partition coefficient (Wildman–Crippen LogP) is 17.7. The van der Waals surface area contributed by atoms with Crippen molar-refractivity contribution in [1.82, 2.24) is 4.57 Å². The van der Waals surface area contributed by atoms with Crippen molar-refractivity contribution in [2.24, 2.45) is 0 Å². The molecule has 1 heterocycles. The molecule has 2 nitrogen and oxygen atoms in total. The van der Waals surface area contributed by atoms with Gasteiger partial charge in [0.1, 0.15) is 0 Å². The van der Waals surface area contributed by atoms with Gasteiger partial charge in [0.2, 0.25) is 0 Å². The number of benzene rings is 11. The number of rotatable bonds is 9. The molecule has 0 spiro atoms. The van der Waals surface area contributed by atoms with Crippen molar-refractivity contribution in [2.45, 2.75) is 0 Å². The Morgan fingerprint density at radius 1 is 0.227 bits per heavy atom. The highest BCUT2D eigenvalue weighted by atomic mass is 15.1. The fourth-order valence-corrected chi connectivity index (χ4v) is 9.99. The average molecular weight is 841 g/mol. The molecule has 310 valence electrons. The summed E-state index contributed by atoms with van der Waals surface area (Å²) in [6, 6.07) is 96.8. The van der Waals surface area contributed by atoms with Crippen molar-refractivity contribution in [3.63, 3.8) is 0 Å². The Hall–Kier alpha value is -8.72. The predicted molar refractivity (Wildman–Crippen MR) is 280 cm³/mol. The third-order valence-electron chi connectivity index (χ3n) is 13.0. The lowest BCUT2D eigenvalue weighted by Crippen LogP contribution is -2.11. The average Bonchev–Trinajstić information content (AvgIpc) is 3.73. The number of hydrogen-bond donors (Lipinski definition) is 0. The summed E-state index contributed by atoms with van der Waals surface area (Å²) in [5, 5.41) is 4.98. The van der Waals surface area contributed by atoms with E-state index in [2.05, 4.69) is 276 Å². The van der Waals surface area contributed by atoms with E-state index >= 15 is 0 Å². The van der Waals surface area contributed by atoms with Crippen LogP contribution in [0, 0.1) is 0 Å². The van der Waals surface area contributed by atoms with Crippen molar-refractivity contribution >= 4 is 49.6 Å². The lowest BCUT2D eigenvalue weighted by Gasteiger charge is -2.28. The molecule has 0 bridgehead atoms. The van der Waals surface area contributed by atoms with E-state index in [0.717, 1.165) is 28.2 Å². The van der Waals surface area contributed by atoms with E-state index in [1.54, 1.807) is 0 Å². The normalized spacial score (nSPS) is 11.3. The fourth-order valence-electron chi connectivity index (χ4n) is 9.99. The van der Waals surface area contributed by atoms with Gasteiger partial charge in [-0.2, -0.15) is 0 Å². The number of hydrogen-bond acceptors (Lipinski definition) is 1. The number of anilines is 3. The van der Waals surface area contributed by atoms with Gasteiger partial charge in [-0.1, -0.05) is 224 Å². The minimum atomic E-state index is 1.07. The van der Waals surface area contributed by atoms with Crippen molar-refractivity contribution in [2.75, 3.05) is 4.90 Å². The molecular formula is C64H44N2. The number of fused-ring (bicyclic) bond motifs is 4. The summed E-state index contributed by atoms with van der Waals surface area (Å²) in [5.74, 6) is 0. The van der Waals surface area contributed by atoms with Crippen LogP contribution in [-0.4, -0.2) is 4.57 Å². The molecule has 0 saturated heterocycles. The second-order valence-electron chi connectivity index (χ2n) is 16.8. The van der Waals surface area contributed by atoms with Crippen LogP contribution in [0.15, 0.2) is 267 Å². The van der Waals surface area contributed by atoms with Crippen LogP contribution in [0.4, 0.5) is 17.1 Å². The molecule has 0 saturated carbocycles. The molecule has 0 aliphatic carbocycles. The molecule has 0 N–H and O–H groups in total. The zero-order chi connectivity index (χ0) is 43.8. The van der Waals surface area contributed by atoms with Crippen molar-refractivity contribution < 1.29 is 0 Å². The van der Waals surface area contributed by atoms with Gasteiger partial charge in [0.25, 0.3) is 0 Å². The third-order valence-corrected chi connectivity index (χ3v) is 13.0. The molecule has 2 heteroatoms. The van der Waals surface area contributed by atoms with Crippen LogP contribution in [-0.2, 0) is 0 Å². The van der Waals surface area contributed by atoms with E-state index < -0.39 is 0 Å². The maximum atomic E-state index is 2.47. The minimum Gasteiger partial charge on any atom is -0.310 e. The number of aromatic nitrogens is 1. The summed E-state index contributed by atoms with van der Waals surface area (Å²) in [6.45, 7) is 0. The molecule has 0 radical (unpaired) electrons. The Kier molecular flexibility index (Phi) is 9.89. The molecule has 12 rings (SSSR count). The Morgan fingerprint density at radius 3 is 1.08 bits per heavy atom. The van der Waals surface area contributed by atoms with Gasteiger partial charge in [0, 0.05) is 38.8 Å². The molecule has 11 aromatic carbocycles. The van der Waals surface area contributed by atoms with Crippen LogP contribution < -0.4 is 4.90 Å². The topological polar surface area (TPSA) is 8.17 Å². The monoisotopic (exact) mass is 840 g/mol. The van der Waals surface area contributed by atoms with E-state index in [-0.39, 0.29) is 0 Å². The minimum absolute atomic E-state index is 1.07. The standard InChI is InChI=1S/C64H44N2/c1-4-19-45(20-5-1)52-43-44-53(58-27-11-10-26-57(52)58)48-35-39-50(40-36-48)65(61-32-15-12-25-54(61)46-21-6-2-7-22-46)51-41-37-49(38-42-51)56-31-18-30-55(47-23-8-3-9-24-47)64(56)66-62-33-16-13-28-59(62)60-29-14-17-34-63(60)66/h1-44H. The summed E-state index contributed by atoms with van der Waals surface area (Å²) < 4.78 is 2.47. The second-order valence-corrected chi connectivity index (χ2v) is 16.8. The SMILES string of the molecule is c1ccc(-c2ccccc2N(c2ccc(-c3cccc(-c4ccccc4)c3-n3c4ccccc4c4ccccc43)cc2)c2ccc(-c3ccc(-c4ccccc4)c4ccccc34)cc2)cc1. The van der Waals surface area contributed by atoms with Gasteiger partial charge < -0.3 is 9.47 Å². The van der Waals surface area contributed by atoms with Gasteiger partial charge in [-0.3, -0.25) is 0 Å². The molecular weight excluding hydrogens is 797 g/mol. The van der Waals surface area contributed by atoms with Crippen LogP contribution in [0.3, 0.4) is 0 Å². The molecule has 1 aromatic heterocycles. The largest absolute Gasteiger partial charge is 0.310 e. The first kappa shape index (κ1) is 38.9. The molecule has 0 unspecified atom stereocenters. The van der Waals surface area contributed by atoms with Crippen LogP contribution >= 0.6 is 0 Å². The molecule has 0 atom stereocenters. The Labute approximate surface area is 385 Å².